The maximum atomic E-state index is 4.15. The number of aryl methyl sites for hydroxylation is 1. The summed E-state index contributed by atoms with van der Waals surface area (Å²) in [4.78, 5) is 8.02. The van der Waals surface area contributed by atoms with E-state index in [0.717, 1.165) is 11.1 Å². The fraction of sp³-hybridized carbons (Fsp3) is 0.300. The lowest BCUT2D eigenvalue weighted by atomic mass is 10.1. The molecule has 0 bridgehead atoms. The fourth-order valence-electron chi connectivity index (χ4n) is 1.57. The van der Waals surface area contributed by atoms with E-state index in [9.17, 15) is 0 Å². The molecule has 5 heteroatoms. The predicted octanol–water partition coefficient (Wildman–Crippen LogP) is 0.519. The molecular formula is C10H13N5. The molecule has 0 aromatic carbocycles. The summed E-state index contributed by atoms with van der Waals surface area (Å²) in [5.41, 5.74) is 2.14. The minimum Gasteiger partial charge on any atom is -0.309 e. The summed E-state index contributed by atoms with van der Waals surface area (Å²) in [7, 11) is 3.81. The standard InChI is InChI=1S/C10H13N5/c1-11-10(8-3-12-7-13-4-8)9-5-14-15(2)6-9/h3-7,10-11H,1-2H3. The van der Waals surface area contributed by atoms with E-state index < -0.39 is 0 Å². The molecule has 2 aromatic heterocycles. The molecule has 2 aromatic rings. The Morgan fingerprint density at radius 3 is 2.47 bits per heavy atom. The Kier molecular flexibility index (Phi) is 2.73. The third-order valence-corrected chi connectivity index (χ3v) is 2.26. The highest BCUT2D eigenvalue weighted by Crippen LogP contribution is 2.18. The first-order valence-electron chi connectivity index (χ1n) is 4.72. The summed E-state index contributed by atoms with van der Waals surface area (Å²) in [6, 6.07) is 0.0971. The third-order valence-electron chi connectivity index (χ3n) is 2.26. The van der Waals surface area contributed by atoms with Crippen LogP contribution in [0.4, 0.5) is 0 Å². The first-order valence-corrected chi connectivity index (χ1v) is 4.72. The Morgan fingerprint density at radius 2 is 1.93 bits per heavy atom. The zero-order valence-corrected chi connectivity index (χ0v) is 8.75. The van der Waals surface area contributed by atoms with Crippen molar-refractivity contribution in [2.45, 2.75) is 6.04 Å². The quantitative estimate of drug-likeness (QED) is 0.790. The van der Waals surface area contributed by atoms with Crippen molar-refractivity contribution in [2.75, 3.05) is 7.05 Å². The van der Waals surface area contributed by atoms with E-state index in [1.165, 1.54) is 6.33 Å². The lowest BCUT2D eigenvalue weighted by Gasteiger charge is -2.13. The van der Waals surface area contributed by atoms with E-state index in [-0.39, 0.29) is 6.04 Å². The molecule has 0 saturated heterocycles. The third kappa shape index (κ3) is 2.02. The van der Waals surface area contributed by atoms with Crippen molar-refractivity contribution < 1.29 is 0 Å². The molecule has 1 unspecified atom stereocenters. The molecule has 0 saturated carbocycles. The Hall–Kier alpha value is -1.75. The van der Waals surface area contributed by atoms with Gasteiger partial charge in [0.2, 0.25) is 0 Å². The van der Waals surface area contributed by atoms with E-state index in [2.05, 4.69) is 20.4 Å². The van der Waals surface area contributed by atoms with Gasteiger partial charge in [-0.05, 0) is 7.05 Å². The summed E-state index contributed by atoms with van der Waals surface area (Å²) in [6.07, 6.45) is 8.96. The zero-order chi connectivity index (χ0) is 10.7. The first-order chi connectivity index (χ1) is 7.31. The molecule has 2 heterocycles. The van der Waals surface area contributed by atoms with Crippen molar-refractivity contribution in [1.29, 1.82) is 0 Å². The SMILES string of the molecule is CNC(c1cncnc1)c1cnn(C)c1. The van der Waals surface area contributed by atoms with Gasteiger partial charge in [0.25, 0.3) is 0 Å². The van der Waals surface area contributed by atoms with Gasteiger partial charge in [-0.1, -0.05) is 0 Å². The molecule has 0 aliphatic rings. The van der Waals surface area contributed by atoms with Gasteiger partial charge >= 0.3 is 0 Å². The van der Waals surface area contributed by atoms with Gasteiger partial charge in [-0.3, -0.25) is 4.68 Å². The molecule has 1 N–H and O–H groups in total. The summed E-state index contributed by atoms with van der Waals surface area (Å²) >= 11 is 0. The van der Waals surface area contributed by atoms with Crippen LogP contribution < -0.4 is 5.32 Å². The topological polar surface area (TPSA) is 55.6 Å². The number of hydrogen-bond acceptors (Lipinski definition) is 4. The molecule has 0 radical (unpaired) electrons. The van der Waals surface area contributed by atoms with Crippen LogP contribution in [0, 0.1) is 0 Å². The molecular weight excluding hydrogens is 190 g/mol. The van der Waals surface area contributed by atoms with E-state index in [1.807, 2.05) is 26.5 Å². The maximum Gasteiger partial charge on any atom is 0.115 e. The Bertz CT molecular complexity index is 422. The van der Waals surface area contributed by atoms with Crippen molar-refractivity contribution in [3.05, 3.63) is 42.2 Å². The van der Waals surface area contributed by atoms with Gasteiger partial charge in [-0.25, -0.2) is 9.97 Å². The number of nitrogens with zero attached hydrogens (tertiary/aromatic N) is 4. The van der Waals surface area contributed by atoms with Gasteiger partial charge in [0.1, 0.15) is 6.33 Å². The fourth-order valence-corrected chi connectivity index (χ4v) is 1.57. The smallest absolute Gasteiger partial charge is 0.115 e. The molecule has 78 valence electrons. The van der Waals surface area contributed by atoms with Crippen LogP contribution in [0.5, 0.6) is 0 Å². The summed E-state index contributed by atoms with van der Waals surface area (Å²) in [5.74, 6) is 0. The van der Waals surface area contributed by atoms with Crippen LogP contribution in [-0.2, 0) is 7.05 Å². The predicted molar refractivity (Wildman–Crippen MR) is 56.1 cm³/mol. The zero-order valence-electron chi connectivity index (χ0n) is 8.75. The van der Waals surface area contributed by atoms with E-state index in [1.54, 1.807) is 17.1 Å². The Morgan fingerprint density at radius 1 is 1.20 bits per heavy atom. The second-order valence-electron chi connectivity index (χ2n) is 3.34. The highest BCUT2D eigenvalue weighted by Gasteiger charge is 2.13. The van der Waals surface area contributed by atoms with Crippen molar-refractivity contribution >= 4 is 0 Å². The van der Waals surface area contributed by atoms with Crippen LogP contribution in [0.3, 0.4) is 0 Å². The van der Waals surface area contributed by atoms with Crippen LogP contribution in [0.1, 0.15) is 17.2 Å². The molecule has 0 aliphatic heterocycles. The van der Waals surface area contributed by atoms with Crippen LogP contribution in [0.2, 0.25) is 0 Å². The van der Waals surface area contributed by atoms with Crippen LogP contribution in [-0.4, -0.2) is 26.8 Å². The molecule has 0 aliphatic carbocycles. The largest absolute Gasteiger partial charge is 0.309 e. The van der Waals surface area contributed by atoms with Crippen LogP contribution >= 0.6 is 0 Å². The van der Waals surface area contributed by atoms with Gasteiger partial charge in [0.15, 0.2) is 0 Å². The minimum absolute atomic E-state index is 0.0971. The molecule has 2 rings (SSSR count). The normalized spacial score (nSPS) is 12.7. The van der Waals surface area contributed by atoms with E-state index >= 15 is 0 Å². The van der Waals surface area contributed by atoms with Gasteiger partial charge < -0.3 is 5.32 Å². The van der Waals surface area contributed by atoms with Gasteiger partial charge in [-0.2, -0.15) is 5.10 Å². The highest BCUT2D eigenvalue weighted by molar-refractivity contribution is 5.24. The van der Waals surface area contributed by atoms with Crippen molar-refractivity contribution in [1.82, 2.24) is 25.1 Å². The molecule has 5 nitrogen and oxygen atoms in total. The lowest BCUT2D eigenvalue weighted by molar-refractivity contribution is 0.682. The average Bonchev–Trinajstić information content (AvgIpc) is 2.68. The number of rotatable bonds is 3. The van der Waals surface area contributed by atoms with Gasteiger partial charge in [-0.15, -0.1) is 0 Å². The highest BCUT2D eigenvalue weighted by atomic mass is 15.2. The van der Waals surface area contributed by atoms with E-state index in [4.69, 9.17) is 0 Å². The van der Waals surface area contributed by atoms with Crippen molar-refractivity contribution in [3.8, 4) is 0 Å². The molecule has 0 amide bonds. The van der Waals surface area contributed by atoms with E-state index in [0.29, 0.717) is 0 Å². The monoisotopic (exact) mass is 203 g/mol. The van der Waals surface area contributed by atoms with Crippen LogP contribution in [0.25, 0.3) is 0 Å². The average molecular weight is 203 g/mol. The Balaban J connectivity index is 2.33. The molecule has 1 atom stereocenters. The number of nitrogens with one attached hydrogen (secondary N) is 1. The second-order valence-corrected chi connectivity index (χ2v) is 3.34. The second kappa shape index (κ2) is 4.18. The van der Waals surface area contributed by atoms with Crippen molar-refractivity contribution in [3.63, 3.8) is 0 Å². The maximum absolute atomic E-state index is 4.15. The molecule has 15 heavy (non-hydrogen) atoms. The minimum atomic E-state index is 0.0971. The number of aromatic nitrogens is 4. The Labute approximate surface area is 88.2 Å². The molecule has 0 fully saturated rings. The van der Waals surface area contributed by atoms with Gasteiger partial charge in [0.05, 0.1) is 12.2 Å². The van der Waals surface area contributed by atoms with Crippen molar-refractivity contribution in [2.24, 2.45) is 7.05 Å². The molecule has 0 spiro atoms. The lowest BCUT2D eigenvalue weighted by Crippen LogP contribution is -2.17. The van der Waals surface area contributed by atoms with Gasteiger partial charge in [0, 0.05) is 36.8 Å². The first kappa shape index (κ1) is 9.79. The van der Waals surface area contributed by atoms with Crippen LogP contribution in [0.15, 0.2) is 31.1 Å². The summed E-state index contributed by atoms with van der Waals surface area (Å²) in [5, 5.41) is 7.36. The summed E-state index contributed by atoms with van der Waals surface area (Å²) in [6.45, 7) is 0. The number of hydrogen-bond donors (Lipinski definition) is 1. The summed E-state index contributed by atoms with van der Waals surface area (Å²) < 4.78 is 1.78.